The Morgan fingerprint density at radius 1 is 1.26 bits per heavy atom. The number of aliphatic hydroxyl groups is 1. The van der Waals surface area contributed by atoms with E-state index in [1.807, 2.05) is 39.0 Å². The van der Waals surface area contributed by atoms with E-state index in [9.17, 15) is 9.50 Å². The number of hydrogen-bond acceptors (Lipinski definition) is 3. The van der Waals surface area contributed by atoms with Crippen molar-refractivity contribution in [3.63, 3.8) is 0 Å². The molecule has 1 aromatic carbocycles. The Bertz CT molecular complexity index is 676. The number of nitrogens with zero attached hydrogens (tertiary/aromatic N) is 1. The van der Waals surface area contributed by atoms with Crippen LogP contribution in [0.1, 0.15) is 25.1 Å². The van der Waals surface area contributed by atoms with Crippen molar-refractivity contribution in [3.8, 4) is 11.3 Å². The fraction of sp³-hybridized carbons (Fsp3) is 0.389. The van der Waals surface area contributed by atoms with Crippen molar-refractivity contribution in [1.82, 2.24) is 10.3 Å². The summed E-state index contributed by atoms with van der Waals surface area (Å²) in [6.07, 6.45) is 0. The summed E-state index contributed by atoms with van der Waals surface area (Å²) < 4.78 is 14.0. The van der Waals surface area contributed by atoms with Gasteiger partial charge in [-0.15, -0.1) is 0 Å². The summed E-state index contributed by atoms with van der Waals surface area (Å²) in [5.41, 5.74) is 2.94. The average Bonchev–Trinajstić information content (AvgIpc) is 2.51. The summed E-state index contributed by atoms with van der Waals surface area (Å²) in [4.78, 5) is 4.43. The molecule has 124 valence electrons. The molecule has 3 nitrogen and oxygen atoms in total. The molecular weight excluding hydrogens is 315 g/mol. The molecule has 0 saturated heterocycles. The Hall–Kier alpha value is -1.49. The van der Waals surface area contributed by atoms with Gasteiger partial charge >= 0.3 is 0 Å². The monoisotopic (exact) mass is 336 g/mol. The zero-order valence-corrected chi connectivity index (χ0v) is 14.4. The van der Waals surface area contributed by atoms with E-state index in [0.717, 1.165) is 11.1 Å². The standard InChI is InChI=1S/C18H22ClFN2O/c1-11(2)18(10-23)21-9-17-15(20)6-7-16(22-17)14-8-13(19)5-4-12(14)3/h4-8,11,18,21,23H,9-10H2,1-3H3/t18-/m0/s1. The summed E-state index contributed by atoms with van der Waals surface area (Å²) >= 11 is 6.05. The van der Waals surface area contributed by atoms with Crippen LogP contribution in [-0.4, -0.2) is 22.7 Å². The number of pyridine rings is 1. The smallest absolute Gasteiger partial charge is 0.146 e. The molecule has 2 rings (SSSR count). The van der Waals surface area contributed by atoms with Gasteiger partial charge < -0.3 is 10.4 Å². The van der Waals surface area contributed by atoms with E-state index in [4.69, 9.17) is 11.6 Å². The molecule has 0 bridgehead atoms. The summed E-state index contributed by atoms with van der Waals surface area (Å²) in [5.74, 6) is -0.109. The molecule has 0 spiro atoms. The molecule has 0 unspecified atom stereocenters. The number of aliphatic hydroxyl groups excluding tert-OH is 1. The van der Waals surface area contributed by atoms with Crippen LogP contribution in [-0.2, 0) is 6.54 Å². The molecule has 2 aromatic rings. The van der Waals surface area contributed by atoms with E-state index in [0.29, 0.717) is 16.4 Å². The van der Waals surface area contributed by atoms with Crippen molar-refractivity contribution in [2.24, 2.45) is 5.92 Å². The molecular formula is C18H22ClFN2O. The average molecular weight is 337 g/mol. The van der Waals surface area contributed by atoms with Crippen molar-refractivity contribution in [3.05, 3.63) is 52.4 Å². The van der Waals surface area contributed by atoms with E-state index in [-0.39, 0.29) is 30.9 Å². The maximum absolute atomic E-state index is 14.0. The number of hydrogen-bond donors (Lipinski definition) is 2. The van der Waals surface area contributed by atoms with E-state index < -0.39 is 0 Å². The number of halogens is 2. The van der Waals surface area contributed by atoms with Gasteiger partial charge in [0.15, 0.2) is 0 Å². The fourth-order valence-electron chi connectivity index (χ4n) is 2.37. The molecule has 0 fully saturated rings. The molecule has 0 radical (unpaired) electrons. The first-order valence-electron chi connectivity index (χ1n) is 7.68. The van der Waals surface area contributed by atoms with Crippen molar-refractivity contribution >= 4 is 11.6 Å². The van der Waals surface area contributed by atoms with Crippen LogP contribution in [0.3, 0.4) is 0 Å². The third-order valence-corrected chi connectivity index (χ3v) is 4.16. The minimum atomic E-state index is -0.360. The van der Waals surface area contributed by atoms with E-state index in [1.54, 1.807) is 6.07 Å². The van der Waals surface area contributed by atoms with Crippen LogP contribution >= 0.6 is 11.6 Å². The van der Waals surface area contributed by atoms with Gasteiger partial charge in [0.1, 0.15) is 5.82 Å². The minimum Gasteiger partial charge on any atom is -0.395 e. The zero-order valence-electron chi connectivity index (χ0n) is 13.6. The summed E-state index contributed by atoms with van der Waals surface area (Å²) in [7, 11) is 0. The number of aryl methyl sites for hydroxylation is 1. The predicted octanol–water partition coefficient (Wildman–Crippen LogP) is 3.96. The van der Waals surface area contributed by atoms with Crippen molar-refractivity contribution in [2.45, 2.75) is 33.4 Å². The van der Waals surface area contributed by atoms with Crippen LogP contribution in [0.2, 0.25) is 5.02 Å². The normalized spacial score (nSPS) is 12.7. The van der Waals surface area contributed by atoms with Crippen LogP contribution in [0, 0.1) is 18.7 Å². The van der Waals surface area contributed by atoms with Crippen LogP contribution in [0.4, 0.5) is 4.39 Å². The number of benzene rings is 1. The molecule has 0 aliphatic carbocycles. The van der Waals surface area contributed by atoms with Gasteiger partial charge in [0.2, 0.25) is 0 Å². The van der Waals surface area contributed by atoms with E-state index in [1.165, 1.54) is 6.07 Å². The Morgan fingerprint density at radius 3 is 2.65 bits per heavy atom. The molecule has 1 atom stereocenters. The highest BCUT2D eigenvalue weighted by Crippen LogP contribution is 2.26. The lowest BCUT2D eigenvalue weighted by atomic mass is 10.0. The second-order valence-corrected chi connectivity index (χ2v) is 6.43. The highest BCUT2D eigenvalue weighted by Gasteiger charge is 2.14. The van der Waals surface area contributed by atoms with Crippen LogP contribution in [0.15, 0.2) is 30.3 Å². The third-order valence-electron chi connectivity index (χ3n) is 3.93. The highest BCUT2D eigenvalue weighted by molar-refractivity contribution is 6.30. The molecule has 0 aliphatic heterocycles. The number of nitrogens with one attached hydrogen (secondary N) is 1. The number of aromatic nitrogens is 1. The predicted molar refractivity (Wildman–Crippen MR) is 91.9 cm³/mol. The molecule has 2 N–H and O–H groups in total. The summed E-state index contributed by atoms with van der Waals surface area (Å²) in [6, 6.07) is 8.56. The molecule has 1 heterocycles. The number of rotatable bonds is 6. The maximum atomic E-state index is 14.0. The van der Waals surface area contributed by atoms with Gasteiger partial charge in [-0.1, -0.05) is 31.5 Å². The summed E-state index contributed by atoms with van der Waals surface area (Å²) in [5, 5.41) is 13.1. The lowest BCUT2D eigenvalue weighted by Crippen LogP contribution is -2.36. The van der Waals surface area contributed by atoms with Gasteiger partial charge in [0.25, 0.3) is 0 Å². The Balaban J connectivity index is 2.27. The third kappa shape index (κ3) is 4.50. The van der Waals surface area contributed by atoms with Crippen LogP contribution < -0.4 is 5.32 Å². The quantitative estimate of drug-likeness (QED) is 0.839. The lowest BCUT2D eigenvalue weighted by molar-refractivity contribution is 0.209. The molecule has 0 amide bonds. The van der Waals surface area contributed by atoms with Gasteiger partial charge in [-0.3, -0.25) is 0 Å². The largest absolute Gasteiger partial charge is 0.395 e. The first-order chi connectivity index (χ1) is 10.9. The zero-order chi connectivity index (χ0) is 17.0. The second-order valence-electron chi connectivity index (χ2n) is 6.00. The van der Waals surface area contributed by atoms with Gasteiger partial charge in [-0.05, 0) is 42.7 Å². The Kier molecular flexibility index (Phi) is 6.10. The first-order valence-corrected chi connectivity index (χ1v) is 8.06. The van der Waals surface area contributed by atoms with Gasteiger partial charge in [-0.25, -0.2) is 9.37 Å². The van der Waals surface area contributed by atoms with Crippen molar-refractivity contribution in [2.75, 3.05) is 6.61 Å². The molecule has 5 heteroatoms. The van der Waals surface area contributed by atoms with Crippen LogP contribution in [0.25, 0.3) is 11.3 Å². The Morgan fingerprint density at radius 2 is 2.00 bits per heavy atom. The van der Waals surface area contributed by atoms with Gasteiger partial charge in [-0.2, -0.15) is 0 Å². The first kappa shape index (κ1) is 17.9. The minimum absolute atomic E-state index is 0.00633. The Labute approximate surface area is 141 Å². The maximum Gasteiger partial charge on any atom is 0.146 e. The summed E-state index contributed by atoms with van der Waals surface area (Å²) in [6.45, 7) is 6.25. The van der Waals surface area contributed by atoms with Crippen LogP contribution in [0.5, 0.6) is 0 Å². The second kappa shape index (κ2) is 7.86. The highest BCUT2D eigenvalue weighted by atomic mass is 35.5. The topological polar surface area (TPSA) is 45.1 Å². The van der Waals surface area contributed by atoms with Crippen molar-refractivity contribution in [1.29, 1.82) is 0 Å². The molecule has 0 aliphatic rings. The fourth-order valence-corrected chi connectivity index (χ4v) is 2.54. The SMILES string of the molecule is Cc1ccc(Cl)cc1-c1ccc(F)c(CN[C@@H](CO)C(C)C)n1. The molecule has 23 heavy (non-hydrogen) atoms. The van der Waals surface area contributed by atoms with E-state index in [2.05, 4.69) is 10.3 Å². The lowest BCUT2D eigenvalue weighted by Gasteiger charge is -2.20. The van der Waals surface area contributed by atoms with E-state index >= 15 is 0 Å². The van der Waals surface area contributed by atoms with Gasteiger partial charge in [0, 0.05) is 23.2 Å². The van der Waals surface area contributed by atoms with Crippen molar-refractivity contribution < 1.29 is 9.50 Å². The van der Waals surface area contributed by atoms with Gasteiger partial charge in [0.05, 0.1) is 18.0 Å². The molecule has 0 saturated carbocycles. The molecule has 1 aromatic heterocycles.